The highest BCUT2D eigenvalue weighted by atomic mass is 35.5. The van der Waals surface area contributed by atoms with Gasteiger partial charge in [0.25, 0.3) is 5.91 Å². The molecule has 0 aromatic carbocycles. The highest BCUT2D eigenvalue weighted by molar-refractivity contribution is 6.33. The predicted octanol–water partition coefficient (Wildman–Crippen LogP) is 3.29. The van der Waals surface area contributed by atoms with Crippen LogP contribution in [0.5, 0.6) is 0 Å². The molecule has 2 N–H and O–H groups in total. The standard InChI is InChI=1S/C20H20ClF3N6O2/c21-14-8-12(20(22,23)24)9-26-16(14)30-7-5-13(10-30)27-18(32)15-4-6-25-19(28-15)29-17(31)11-2-1-3-11/h4,6,8-9,11,13H,1-3,5,7,10H2,(H,27,32)(H,25,28,29,31). The van der Waals surface area contributed by atoms with E-state index in [4.69, 9.17) is 11.6 Å². The van der Waals surface area contributed by atoms with Crippen molar-refractivity contribution in [1.82, 2.24) is 20.3 Å². The highest BCUT2D eigenvalue weighted by Gasteiger charge is 2.33. The summed E-state index contributed by atoms with van der Waals surface area (Å²) in [7, 11) is 0. The van der Waals surface area contributed by atoms with E-state index in [-0.39, 0.29) is 40.3 Å². The summed E-state index contributed by atoms with van der Waals surface area (Å²) in [5, 5.41) is 5.37. The Morgan fingerprint density at radius 2 is 1.97 bits per heavy atom. The smallest absolute Gasteiger partial charge is 0.353 e. The number of alkyl halides is 3. The minimum atomic E-state index is -4.52. The lowest BCUT2D eigenvalue weighted by molar-refractivity contribution is -0.137. The van der Waals surface area contributed by atoms with E-state index in [2.05, 4.69) is 25.6 Å². The van der Waals surface area contributed by atoms with Crippen molar-refractivity contribution in [3.63, 3.8) is 0 Å². The molecule has 12 heteroatoms. The summed E-state index contributed by atoms with van der Waals surface area (Å²) in [6, 6.07) is 2.01. The lowest BCUT2D eigenvalue weighted by atomic mass is 9.85. The molecule has 8 nitrogen and oxygen atoms in total. The Morgan fingerprint density at radius 3 is 2.62 bits per heavy atom. The molecule has 3 heterocycles. The van der Waals surface area contributed by atoms with Gasteiger partial charge < -0.3 is 10.2 Å². The maximum Gasteiger partial charge on any atom is 0.417 e. The van der Waals surface area contributed by atoms with Crippen LogP contribution in [0.4, 0.5) is 24.9 Å². The third-order valence-electron chi connectivity index (χ3n) is 5.57. The van der Waals surface area contributed by atoms with Crippen LogP contribution in [0.15, 0.2) is 24.5 Å². The Bertz CT molecular complexity index is 1030. The third-order valence-corrected chi connectivity index (χ3v) is 5.85. The minimum Gasteiger partial charge on any atom is -0.353 e. The Kier molecular flexibility index (Phi) is 6.18. The Hall–Kier alpha value is -2.95. The number of nitrogens with one attached hydrogen (secondary N) is 2. The van der Waals surface area contributed by atoms with E-state index in [0.717, 1.165) is 31.5 Å². The van der Waals surface area contributed by atoms with Crippen LogP contribution in [-0.2, 0) is 11.0 Å². The second-order valence-corrected chi connectivity index (χ2v) is 8.22. The second-order valence-electron chi connectivity index (χ2n) is 7.81. The molecule has 1 saturated heterocycles. The topological polar surface area (TPSA) is 100 Å². The van der Waals surface area contributed by atoms with Crippen molar-refractivity contribution in [3.05, 3.63) is 40.8 Å². The first-order valence-corrected chi connectivity index (χ1v) is 10.5. The van der Waals surface area contributed by atoms with E-state index in [1.807, 2.05) is 0 Å². The number of halogens is 4. The van der Waals surface area contributed by atoms with Crippen LogP contribution in [0.3, 0.4) is 0 Å². The molecule has 1 atom stereocenters. The summed E-state index contributed by atoms with van der Waals surface area (Å²) >= 11 is 6.02. The zero-order chi connectivity index (χ0) is 22.9. The van der Waals surface area contributed by atoms with Crippen molar-refractivity contribution in [1.29, 1.82) is 0 Å². The van der Waals surface area contributed by atoms with Crippen LogP contribution in [0.2, 0.25) is 5.02 Å². The third kappa shape index (κ3) is 4.93. The molecule has 2 fully saturated rings. The van der Waals surface area contributed by atoms with Crippen LogP contribution >= 0.6 is 11.6 Å². The highest BCUT2D eigenvalue weighted by Crippen LogP contribution is 2.34. The van der Waals surface area contributed by atoms with Crippen molar-refractivity contribution >= 4 is 35.2 Å². The van der Waals surface area contributed by atoms with E-state index in [1.165, 1.54) is 12.3 Å². The summed E-state index contributed by atoms with van der Waals surface area (Å²) in [5.41, 5.74) is -0.813. The van der Waals surface area contributed by atoms with Crippen molar-refractivity contribution in [2.75, 3.05) is 23.3 Å². The average Bonchev–Trinajstić information content (AvgIpc) is 3.14. The summed E-state index contributed by atoms with van der Waals surface area (Å²) < 4.78 is 38.4. The number of hydrogen-bond donors (Lipinski definition) is 2. The van der Waals surface area contributed by atoms with E-state index in [0.29, 0.717) is 19.5 Å². The van der Waals surface area contributed by atoms with Crippen LogP contribution in [-0.4, -0.2) is 45.9 Å². The number of carbonyl (C=O) groups excluding carboxylic acids is 2. The fourth-order valence-corrected chi connectivity index (χ4v) is 3.86. The van der Waals surface area contributed by atoms with Crippen molar-refractivity contribution < 1.29 is 22.8 Å². The second kappa shape index (κ2) is 8.89. The maximum atomic E-state index is 12.8. The van der Waals surface area contributed by atoms with Gasteiger partial charge in [0, 0.05) is 37.4 Å². The number of pyridine rings is 1. The van der Waals surface area contributed by atoms with Gasteiger partial charge in [-0.25, -0.2) is 15.0 Å². The number of nitrogens with zero attached hydrogens (tertiary/aromatic N) is 4. The fraction of sp³-hybridized carbons (Fsp3) is 0.450. The molecule has 4 rings (SSSR count). The normalized spacial score (nSPS) is 18.9. The average molecular weight is 469 g/mol. The van der Waals surface area contributed by atoms with Gasteiger partial charge in [-0.15, -0.1) is 0 Å². The largest absolute Gasteiger partial charge is 0.417 e. The van der Waals surface area contributed by atoms with Crippen LogP contribution in [0, 0.1) is 5.92 Å². The van der Waals surface area contributed by atoms with E-state index >= 15 is 0 Å². The van der Waals surface area contributed by atoms with Gasteiger partial charge in [-0.05, 0) is 31.4 Å². The lowest BCUT2D eigenvalue weighted by Gasteiger charge is -2.23. The first kappa shape index (κ1) is 22.3. The molecule has 0 radical (unpaired) electrons. The van der Waals surface area contributed by atoms with E-state index in [1.54, 1.807) is 4.90 Å². The number of amides is 2. The summed E-state index contributed by atoms with van der Waals surface area (Å²) in [5.74, 6) is -0.319. The van der Waals surface area contributed by atoms with Gasteiger partial charge in [-0.1, -0.05) is 18.0 Å². The molecule has 1 unspecified atom stereocenters. The molecule has 32 heavy (non-hydrogen) atoms. The first-order chi connectivity index (χ1) is 15.2. The van der Waals surface area contributed by atoms with Gasteiger partial charge in [0.05, 0.1) is 10.6 Å². The van der Waals surface area contributed by atoms with Crippen LogP contribution < -0.4 is 15.5 Å². The molecule has 0 spiro atoms. The predicted molar refractivity (Wildman–Crippen MR) is 110 cm³/mol. The van der Waals surface area contributed by atoms with Gasteiger partial charge in [0.1, 0.15) is 11.5 Å². The fourth-order valence-electron chi connectivity index (χ4n) is 3.58. The lowest BCUT2D eigenvalue weighted by Crippen LogP contribution is -2.38. The molecule has 0 bridgehead atoms. The zero-order valence-corrected chi connectivity index (χ0v) is 17.6. The summed E-state index contributed by atoms with van der Waals surface area (Å²) in [6.45, 7) is 0.801. The van der Waals surface area contributed by atoms with Gasteiger partial charge in [-0.2, -0.15) is 13.2 Å². The SMILES string of the molecule is O=C(NC1CCN(c2ncc(C(F)(F)F)cc2Cl)C1)c1ccnc(NC(=O)C2CCC2)n1. The molecule has 170 valence electrons. The summed E-state index contributed by atoms with van der Waals surface area (Å²) in [4.78, 5) is 38.3. The Labute approximate surface area is 186 Å². The van der Waals surface area contributed by atoms with E-state index in [9.17, 15) is 22.8 Å². The first-order valence-electron chi connectivity index (χ1n) is 10.1. The zero-order valence-electron chi connectivity index (χ0n) is 16.8. The number of carbonyl (C=O) groups is 2. The molecule has 1 aliphatic carbocycles. The molecular formula is C20H20ClF3N6O2. The maximum absolute atomic E-state index is 12.8. The molecule has 2 aliphatic rings. The minimum absolute atomic E-state index is 0.0359. The number of hydrogen-bond acceptors (Lipinski definition) is 6. The Balaban J connectivity index is 1.36. The summed E-state index contributed by atoms with van der Waals surface area (Å²) in [6.07, 6.45) is 0.862. The molecule has 1 aliphatic heterocycles. The van der Waals surface area contributed by atoms with Gasteiger partial charge in [0.2, 0.25) is 11.9 Å². The van der Waals surface area contributed by atoms with Gasteiger partial charge in [0.15, 0.2) is 0 Å². The van der Waals surface area contributed by atoms with Crippen LogP contribution in [0.25, 0.3) is 0 Å². The van der Waals surface area contributed by atoms with Gasteiger partial charge in [-0.3, -0.25) is 14.9 Å². The molecule has 2 aromatic heterocycles. The number of aromatic nitrogens is 3. The number of rotatable bonds is 5. The molecule has 2 aromatic rings. The Morgan fingerprint density at radius 1 is 1.19 bits per heavy atom. The monoisotopic (exact) mass is 468 g/mol. The molecule has 1 saturated carbocycles. The number of anilines is 2. The van der Waals surface area contributed by atoms with E-state index < -0.39 is 17.6 Å². The van der Waals surface area contributed by atoms with Crippen molar-refractivity contribution in [3.8, 4) is 0 Å². The molecule has 2 amide bonds. The van der Waals surface area contributed by atoms with Crippen LogP contribution in [0.1, 0.15) is 41.7 Å². The van der Waals surface area contributed by atoms with Crippen molar-refractivity contribution in [2.45, 2.75) is 37.9 Å². The van der Waals surface area contributed by atoms with Crippen molar-refractivity contribution in [2.24, 2.45) is 5.92 Å². The molecular weight excluding hydrogens is 449 g/mol. The quantitative estimate of drug-likeness (QED) is 0.698. The van der Waals surface area contributed by atoms with Gasteiger partial charge >= 0.3 is 6.18 Å².